The van der Waals surface area contributed by atoms with E-state index in [0.717, 1.165) is 16.3 Å². The van der Waals surface area contributed by atoms with Crippen molar-refractivity contribution in [2.75, 3.05) is 31.5 Å². The largest absolute Gasteiger partial charge is 0.507 e. The molecule has 1 aromatic heterocycles. The fourth-order valence-corrected chi connectivity index (χ4v) is 4.55. The van der Waals surface area contributed by atoms with E-state index in [9.17, 15) is 14.7 Å². The topological polar surface area (TPSA) is 86.0 Å². The maximum Gasteiger partial charge on any atom is 0.259 e. The molecule has 7 nitrogen and oxygen atoms in total. The predicted molar refractivity (Wildman–Crippen MR) is 135 cm³/mol. The number of aromatic hydroxyl groups is 1. The molecule has 0 unspecified atom stereocenters. The van der Waals surface area contributed by atoms with Crippen molar-refractivity contribution in [2.24, 2.45) is 0 Å². The molecule has 0 radical (unpaired) electrons. The highest BCUT2D eigenvalue weighted by molar-refractivity contribution is 6.09. The molecule has 1 aliphatic rings. The summed E-state index contributed by atoms with van der Waals surface area (Å²) in [6, 6.07) is 18.7. The van der Waals surface area contributed by atoms with Gasteiger partial charge in [0.15, 0.2) is 0 Å². The number of anilines is 1. The standard InChI is InChI=1S/C28H27N3O4/c1-19-6-2-5-9-25(19)29-27(33)23-16-20-7-3-4-8-22(20)24(26(23)32)17-30-11-13-31(14-12-30)28(34)21-10-15-35-18-21/h2-10,15-16,18,32H,11-14,17H2,1H3,(H,29,33). The number of fused-ring (bicyclic) bond motifs is 1. The number of phenolic OH excluding ortho intramolecular Hbond substituents is 1. The zero-order valence-electron chi connectivity index (χ0n) is 19.5. The highest BCUT2D eigenvalue weighted by atomic mass is 16.3. The molecule has 1 fully saturated rings. The van der Waals surface area contributed by atoms with E-state index in [1.165, 1.54) is 12.5 Å². The molecule has 1 saturated heterocycles. The Morgan fingerprint density at radius 3 is 2.49 bits per heavy atom. The Labute approximate surface area is 203 Å². The third kappa shape index (κ3) is 4.63. The summed E-state index contributed by atoms with van der Waals surface area (Å²) in [6.07, 6.45) is 2.96. The molecule has 0 saturated carbocycles. The first-order chi connectivity index (χ1) is 17.0. The van der Waals surface area contributed by atoms with Gasteiger partial charge < -0.3 is 19.7 Å². The van der Waals surface area contributed by atoms with Gasteiger partial charge in [-0.3, -0.25) is 14.5 Å². The summed E-state index contributed by atoms with van der Waals surface area (Å²) < 4.78 is 5.04. The Balaban J connectivity index is 1.38. The number of carbonyl (C=O) groups is 2. The van der Waals surface area contributed by atoms with Crippen molar-refractivity contribution < 1.29 is 19.1 Å². The Morgan fingerprint density at radius 1 is 1.00 bits per heavy atom. The molecule has 4 aromatic rings. The van der Waals surface area contributed by atoms with Crippen LogP contribution in [0, 0.1) is 6.92 Å². The van der Waals surface area contributed by atoms with Gasteiger partial charge in [-0.2, -0.15) is 0 Å². The molecular weight excluding hydrogens is 442 g/mol. The second-order valence-electron chi connectivity index (χ2n) is 8.82. The van der Waals surface area contributed by atoms with Gasteiger partial charge in [-0.1, -0.05) is 42.5 Å². The molecule has 178 valence electrons. The zero-order chi connectivity index (χ0) is 24.4. The van der Waals surface area contributed by atoms with Crippen molar-refractivity contribution in [1.82, 2.24) is 9.80 Å². The number of aryl methyl sites for hydroxylation is 1. The molecule has 0 aliphatic carbocycles. The molecule has 7 heteroatoms. The summed E-state index contributed by atoms with van der Waals surface area (Å²) in [6.45, 7) is 4.89. The molecule has 2 amide bonds. The maximum absolute atomic E-state index is 13.2. The molecule has 0 spiro atoms. The molecule has 0 bridgehead atoms. The van der Waals surface area contributed by atoms with Crippen LogP contribution in [0.15, 0.2) is 77.6 Å². The first kappa shape index (κ1) is 22.7. The highest BCUT2D eigenvalue weighted by Crippen LogP contribution is 2.33. The monoisotopic (exact) mass is 469 g/mol. The minimum absolute atomic E-state index is 0.00770. The number of benzene rings is 3. The van der Waals surface area contributed by atoms with Gasteiger partial charge in [0.05, 0.1) is 17.4 Å². The van der Waals surface area contributed by atoms with Gasteiger partial charge in [0.1, 0.15) is 12.0 Å². The molecular formula is C28H27N3O4. The van der Waals surface area contributed by atoms with Crippen molar-refractivity contribution in [3.8, 4) is 5.75 Å². The molecule has 5 rings (SSSR count). The fourth-order valence-electron chi connectivity index (χ4n) is 4.55. The van der Waals surface area contributed by atoms with E-state index < -0.39 is 0 Å². The van der Waals surface area contributed by atoms with Gasteiger partial charge in [-0.05, 0) is 41.5 Å². The normalized spacial score (nSPS) is 14.3. The van der Waals surface area contributed by atoms with Gasteiger partial charge in [0.25, 0.3) is 11.8 Å². The van der Waals surface area contributed by atoms with Crippen LogP contribution in [0.1, 0.15) is 31.8 Å². The second-order valence-corrected chi connectivity index (χ2v) is 8.82. The first-order valence-corrected chi connectivity index (χ1v) is 11.7. The van der Waals surface area contributed by atoms with E-state index in [4.69, 9.17) is 4.42 Å². The van der Waals surface area contributed by atoms with Crippen molar-refractivity contribution in [2.45, 2.75) is 13.5 Å². The minimum Gasteiger partial charge on any atom is -0.507 e. The number of amides is 2. The maximum atomic E-state index is 13.2. The summed E-state index contributed by atoms with van der Waals surface area (Å²) in [5, 5.41) is 16.0. The third-order valence-corrected chi connectivity index (χ3v) is 6.57. The van der Waals surface area contributed by atoms with E-state index in [0.29, 0.717) is 49.5 Å². The number of hydrogen-bond acceptors (Lipinski definition) is 5. The Kier molecular flexibility index (Phi) is 6.25. The molecule has 2 N–H and O–H groups in total. The smallest absolute Gasteiger partial charge is 0.259 e. The van der Waals surface area contributed by atoms with Crippen LogP contribution < -0.4 is 5.32 Å². The van der Waals surface area contributed by atoms with Crippen molar-refractivity contribution >= 4 is 28.3 Å². The SMILES string of the molecule is Cc1ccccc1NC(=O)c1cc2ccccc2c(CN2CCN(C(=O)c3ccoc3)CC2)c1O. The van der Waals surface area contributed by atoms with Crippen LogP contribution in [-0.2, 0) is 6.54 Å². The zero-order valence-corrected chi connectivity index (χ0v) is 19.5. The van der Waals surface area contributed by atoms with E-state index in [1.54, 1.807) is 12.1 Å². The summed E-state index contributed by atoms with van der Waals surface area (Å²) in [4.78, 5) is 29.8. The molecule has 3 aromatic carbocycles. The second kappa shape index (κ2) is 9.64. The Hall–Kier alpha value is -4.10. The van der Waals surface area contributed by atoms with E-state index in [2.05, 4.69) is 10.2 Å². The van der Waals surface area contributed by atoms with Crippen LogP contribution in [-0.4, -0.2) is 52.9 Å². The minimum atomic E-state index is -0.348. The predicted octanol–water partition coefficient (Wildman–Crippen LogP) is 4.66. The van der Waals surface area contributed by atoms with Gasteiger partial charge >= 0.3 is 0 Å². The molecule has 1 aliphatic heterocycles. The number of para-hydroxylation sites is 1. The van der Waals surface area contributed by atoms with Crippen LogP contribution in [0.2, 0.25) is 0 Å². The number of nitrogens with zero attached hydrogens (tertiary/aromatic N) is 2. The molecule has 0 atom stereocenters. The Bertz CT molecular complexity index is 1370. The van der Waals surface area contributed by atoms with Crippen molar-refractivity contribution in [3.05, 3.63) is 95.4 Å². The summed E-state index contributed by atoms with van der Waals surface area (Å²) >= 11 is 0. The summed E-state index contributed by atoms with van der Waals surface area (Å²) in [5.41, 5.74) is 3.17. The van der Waals surface area contributed by atoms with Gasteiger partial charge in [0.2, 0.25) is 0 Å². The van der Waals surface area contributed by atoms with Crippen LogP contribution >= 0.6 is 0 Å². The van der Waals surface area contributed by atoms with Gasteiger partial charge in [-0.25, -0.2) is 0 Å². The summed E-state index contributed by atoms with van der Waals surface area (Å²) in [5.74, 6) is -0.396. The van der Waals surface area contributed by atoms with Gasteiger partial charge in [-0.15, -0.1) is 0 Å². The number of carbonyl (C=O) groups excluding carboxylic acids is 2. The number of furan rings is 1. The average Bonchev–Trinajstić information content (AvgIpc) is 3.42. The van der Waals surface area contributed by atoms with E-state index in [-0.39, 0.29) is 23.1 Å². The first-order valence-electron chi connectivity index (χ1n) is 11.7. The lowest BCUT2D eigenvalue weighted by molar-refractivity contribution is 0.0627. The lowest BCUT2D eigenvalue weighted by Crippen LogP contribution is -2.48. The number of hydrogen-bond donors (Lipinski definition) is 2. The lowest BCUT2D eigenvalue weighted by Gasteiger charge is -2.35. The molecule has 2 heterocycles. The number of phenols is 1. The van der Waals surface area contributed by atoms with Gasteiger partial charge in [0, 0.05) is 44.0 Å². The number of piperazine rings is 1. The fraction of sp³-hybridized carbons (Fsp3) is 0.214. The van der Waals surface area contributed by atoms with Crippen LogP contribution in [0.4, 0.5) is 5.69 Å². The quantitative estimate of drug-likeness (QED) is 0.444. The molecule has 35 heavy (non-hydrogen) atoms. The van der Waals surface area contributed by atoms with E-state index >= 15 is 0 Å². The van der Waals surface area contributed by atoms with Crippen molar-refractivity contribution in [1.29, 1.82) is 0 Å². The van der Waals surface area contributed by atoms with Crippen molar-refractivity contribution in [3.63, 3.8) is 0 Å². The van der Waals surface area contributed by atoms with Crippen LogP contribution in [0.5, 0.6) is 5.75 Å². The third-order valence-electron chi connectivity index (χ3n) is 6.57. The van der Waals surface area contributed by atoms with Crippen LogP contribution in [0.3, 0.4) is 0 Å². The Morgan fingerprint density at radius 2 is 1.74 bits per heavy atom. The van der Waals surface area contributed by atoms with E-state index in [1.807, 2.05) is 60.4 Å². The lowest BCUT2D eigenvalue weighted by atomic mass is 9.98. The highest BCUT2D eigenvalue weighted by Gasteiger charge is 2.25. The average molecular weight is 470 g/mol. The number of nitrogens with one attached hydrogen (secondary N) is 1. The summed E-state index contributed by atoms with van der Waals surface area (Å²) in [7, 11) is 0. The number of rotatable bonds is 5. The van der Waals surface area contributed by atoms with Crippen LogP contribution in [0.25, 0.3) is 10.8 Å².